The molecule has 0 radical (unpaired) electrons. The van der Waals surface area contributed by atoms with Crippen molar-refractivity contribution in [1.29, 1.82) is 5.41 Å². The molecule has 0 saturated heterocycles. The van der Waals surface area contributed by atoms with Crippen molar-refractivity contribution >= 4 is 15.9 Å². The standard InChI is InChI=1S/C8H19N3O2S/c1-5(2)7(8(9)10)11-14(12,13)6(3)4/h5-7,11H,1-4H3,(H3,9,10). The van der Waals surface area contributed by atoms with Gasteiger partial charge < -0.3 is 5.73 Å². The first-order valence-corrected chi connectivity index (χ1v) is 6.08. The highest BCUT2D eigenvalue weighted by atomic mass is 32.2. The van der Waals surface area contributed by atoms with Crippen LogP contribution in [0.1, 0.15) is 27.7 Å². The molecule has 0 bridgehead atoms. The molecule has 84 valence electrons. The van der Waals surface area contributed by atoms with Crippen LogP contribution in [0.15, 0.2) is 0 Å². The Bertz CT molecular complexity index is 296. The fourth-order valence-corrected chi connectivity index (χ4v) is 1.90. The van der Waals surface area contributed by atoms with Gasteiger partial charge in [-0.2, -0.15) is 0 Å². The van der Waals surface area contributed by atoms with Gasteiger partial charge in [-0.25, -0.2) is 13.1 Å². The zero-order chi connectivity index (χ0) is 11.5. The lowest BCUT2D eigenvalue weighted by Crippen LogP contribution is -2.49. The Hall–Kier alpha value is -0.620. The Morgan fingerprint density at radius 2 is 1.71 bits per heavy atom. The summed E-state index contributed by atoms with van der Waals surface area (Å²) in [5, 5.41) is 6.74. The minimum atomic E-state index is -3.36. The summed E-state index contributed by atoms with van der Waals surface area (Å²) in [4.78, 5) is 0. The first kappa shape index (κ1) is 13.4. The average Bonchev–Trinajstić information content (AvgIpc) is 1.98. The zero-order valence-corrected chi connectivity index (χ0v) is 9.85. The normalized spacial score (nSPS) is 14.7. The summed E-state index contributed by atoms with van der Waals surface area (Å²) in [6, 6.07) is -0.609. The molecule has 5 nitrogen and oxygen atoms in total. The molecule has 6 heteroatoms. The van der Waals surface area contributed by atoms with Crippen molar-refractivity contribution in [2.75, 3.05) is 0 Å². The number of rotatable bonds is 5. The van der Waals surface area contributed by atoms with Crippen LogP contribution < -0.4 is 10.5 Å². The zero-order valence-electron chi connectivity index (χ0n) is 9.03. The first-order chi connectivity index (χ1) is 6.18. The van der Waals surface area contributed by atoms with Crippen LogP contribution in [0, 0.1) is 11.3 Å². The molecule has 1 unspecified atom stereocenters. The molecule has 0 aromatic rings. The van der Waals surface area contributed by atoms with Gasteiger partial charge in [-0.05, 0) is 19.8 Å². The summed E-state index contributed by atoms with van der Waals surface area (Å²) in [7, 11) is -3.36. The molecule has 0 aliphatic rings. The van der Waals surface area contributed by atoms with Crippen molar-refractivity contribution in [1.82, 2.24) is 4.72 Å². The number of sulfonamides is 1. The maximum atomic E-state index is 11.5. The van der Waals surface area contributed by atoms with Crippen LogP contribution >= 0.6 is 0 Å². The molecule has 0 spiro atoms. The molecular formula is C8H19N3O2S. The van der Waals surface area contributed by atoms with Gasteiger partial charge in [-0.3, -0.25) is 5.41 Å². The lowest BCUT2D eigenvalue weighted by atomic mass is 10.1. The van der Waals surface area contributed by atoms with Crippen molar-refractivity contribution in [2.45, 2.75) is 39.0 Å². The topological polar surface area (TPSA) is 96.0 Å². The van der Waals surface area contributed by atoms with E-state index in [0.717, 1.165) is 0 Å². The summed E-state index contributed by atoms with van der Waals surface area (Å²) in [5.74, 6) is -0.176. The smallest absolute Gasteiger partial charge is 0.214 e. The SMILES string of the molecule is CC(C)C(NS(=O)(=O)C(C)C)C(=N)N. The highest BCUT2D eigenvalue weighted by molar-refractivity contribution is 7.90. The molecule has 0 amide bonds. The molecule has 0 fully saturated rings. The number of amidine groups is 1. The van der Waals surface area contributed by atoms with Crippen molar-refractivity contribution in [2.24, 2.45) is 11.7 Å². The van der Waals surface area contributed by atoms with E-state index in [2.05, 4.69) is 4.72 Å². The molecular weight excluding hydrogens is 202 g/mol. The lowest BCUT2D eigenvalue weighted by molar-refractivity contribution is 0.517. The van der Waals surface area contributed by atoms with Gasteiger partial charge >= 0.3 is 0 Å². The molecule has 1 atom stereocenters. The predicted molar refractivity (Wildman–Crippen MR) is 57.7 cm³/mol. The third-order valence-corrected chi connectivity index (χ3v) is 3.74. The molecule has 0 heterocycles. The van der Waals surface area contributed by atoms with Gasteiger partial charge in [0.25, 0.3) is 0 Å². The Morgan fingerprint density at radius 1 is 1.29 bits per heavy atom. The van der Waals surface area contributed by atoms with Gasteiger partial charge in [0, 0.05) is 0 Å². The maximum absolute atomic E-state index is 11.5. The largest absolute Gasteiger partial charge is 0.386 e. The highest BCUT2D eigenvalue weighted by Gasteiger charge is 2.25. The van der Waals surface area contributed by atoms with E-state index in [1.807, 2.05) is 13.8 Å². The number of nitrogens with two attached hydrogens (primary N) is 1. The molecule has 4 N–H and O–H groups in total. The lowest BCUT2D eigenvalue weighted by Gasteiger charge is -2.22. The highest BCUT2D eigenvalue weighted by Crippen LogP contribution is 2.05. The van der Waals surface area contributed by atoms with Gasteiger partial charge in [-0.1, -0.05) is 13.8 Å². The van der Waals surface area contributed by atoms with Crippen LogP contribution in [-0.2, 0) is 10.0 Å². The Morgan fingerprint density at radius 3 is 1.93 bits per heavy atom. The fourth-order valence-electron chi connectivity index (χ4n) is 0.872. The van der Waals surface area contributed by atoms with E-state index >= 15 is 0 Å². The summed E-state index contributed by atoms with van der Waals surface area (Å²) in [6.45, 7) is 6.80. The number of nitrogens with one attached hydrogen (secondary N) is 2. The van der Waals surface area contributed by atoms with Gasteiger partial charge in [0.2, 0.25) is 10.0 Å². The minimum absolute atomic E-state index is 0.0268. The Kier molecular flexibility index (Phi) is 4.54. The third kappa shape index (κ3) is 3.63. The predicted octanol–water partition coefficient (Wildman–Crippen LogP) is 0.275. The van der Waals surface area contributed by atoms with E-state index in [4.69, 9.17) is 11.1 Å². The molecule has 0 rings (SSSR count). The van der Waals surface area contributed by atoms with Crippen molar-refractivity contribution in [3.8, 4) is 0 Å². The van der Waals surface area contributed by atoms with Crippen LogP contribution in [0.3, 0.4) is 0 Å². The van der Waals surface area contributed by atoms with Crippen LogP contribution in [-0.4, -0.2) is 25.5 Å². The van der Waals surface area contributed by atoms with Crippen LogP contribution in [0.25, 0.3) is 0 Å². The summed E-state index contributed by atoms with van der Waals surface area (Å²) >= 11 is 0. The molecule has 0 aliphatic carbocycles. The van der Waals surface area contributed by atoms with Crippen LogP contribution in [0.4, 0.5) is 0 Å². The van der Waals surface area contributed by atoms with Gasteiger partial charge in [0.1, 0.15) is 5.84 Å². The molecule has 0 aromatic carbocycles. The van der Waals surface area contributed by atoms with Crippen LogP contribution in [0.2, 0.25) is 0 Å². The first-order valence-electron chi connectivity index (χ1n) is 4.53. The Labute approximate surface area is 85.6 Å². The quantitative estimate of drug-likeness (QED) is 0.459. The monoisotopic (exact) mass is 221 g/mol. The Balaban J connectivity index is 4.71. The van der Waals surface area contributed by atoms with Gasteiger partial charge in [0.05, 0.1) is 11.3 Å². The van der Waals surface area contributed by atoms with E-state index in [1.54, 1.807) is 13.8 Å². The fraction of sp³-hybridized carbons (Fsp3) is 0.875. The average molecular weight is 221 g/mol. The molecule has 14 heavy (non-hydrogen) atoms. The summed E-state index contributed by atoms with van der Waals surface area (Å²) in [6.07, 6.45) is 0. The van der Waals surface area contributed by atoms with Crippen molar-refractivity contribution in [3.05, 3.63) is 0 Å². The maximum Gasteiger partial charge on any atom is 0.214 e. The second-order valence-electron chi connectivity index (χ2n) is 3.89. The second-order valence-corrected chi connectivity index (χ2v) is 6.16. The molecule has 0 aromatic heterocycles. The minimum Gasteiger partial charge on any atom is -0.386 e. The molecule has 0 saturated carbocycles. The number of hydrogen-bond donors (Lipinski definition) is 3. The van der Waals surface area contributed by atoms with Gasteiger partial charge in [0.15, 0.2) is 0 Å². The summed E-state index contributed by atoms with van der Waals surface area (Å²) < 4.78 is 25.4. The summed E-state index contributed by atoms with van der Waals surface area (Å²) in [5.41, 5.74) is 5.30. The van der Waals surface area contributed by atoms with Crippen molar-refractivity contribution in [3.63, 3.8) is 0 Å². The number of hydrogen-bond acceptors (Lipinski definition) is 3. The van der Waals surface area contributed by atoms with E-state index in [9.17, 15) is 8.42 Å². The van der Waals surface area contributed by atoms with Gasteiger partial charge in [-0.15, -0.1) is 0 Å². The van der Waals surface area contributed by atoms with Crippen molar-refractivity contribution < 1.29 is 8.42 Å². The van der Waals surface area contributed by atoms with E-state index < -0.39 is 21.3 Å². The van der Waals surface area contributed by atoms with E-state index in [-0.39, 0.29) is 11.8 Å². The molecule has 0 aliphatic heterocycles. The third-order valence-electron chi connectivity index (χ3n) is 1.91. The second kappa shape index (κ2) is 4.75. The van der Waals surface area contributed by atoms with E-state index in [1.165, 1.54) is 0 Å². The van der Waals surface area contributed by atoms with E-state index in [0.29, 0.717) is 0 Å². The van der Waals surface area contributed by atoms with Crippen LogP contribution in [0.5, 0.6) is 0 Å².